The van der Waals surface area contributed by atoms with Gasteiger partial charge >= 0.3 is 16.4 Å². The first-order valence-electron chi connectivity index (χ1n) is 4.14. The number of hydrogen-bond donors (Lipinski definition) is 6. The quantitative estimate of drug-likeness (QED) is 0.299. The van der Waals surface area contributed by atoms with Gasteiger partial charge in [0.25, 0.3) is 0 Å². The van der Waals surface area contributed by atoms with Gasteiger partial charge in [-0.15, -0.1) is 0 Å². The van der Waals surface area contributed by atoms with Crippen molar-refractivity contribution in [3.8, 4) is 0 Å². The number of carboxylic acids is 1. The second kappa shape index (κ2) is 8.38. The van der Waals surface area contributed by atoms with Crippen molar-refractivity contribution in [3.63, 3.8) is 0 Å². The summed E-state index contributed by atoms with van der Waals surface area (Å²) in [5.74, 6) is -1.05. The molecule has 0 aromatic heterocycles. The maximum absolute atomic E-state index is 10.2. The minimum Gasteiger partial charge on any atom is -0.480 e. The Labute approximate surface area is 92.6 Å². The van der Waals surface area contributed by atoms with Gasteiger partial charge in [-0.25, -0.2) is 0 Å². The van der Waals surface area contributed by atoms with Crippen LogP contribution < -0.4 is 11.5 Å². The van der Waals surface area contributed by atoms with Crippen LogP contribution in [0.3, 0.4) is 0 Å². The summed E-state index contributed by atoms with van der Waals surface area (Å²) in [5.41, 5.74) is 10.3. The van der Waals surface area contributed by atoms with E-state index >= 15 is 0 Å². The van der Waals surface area contributed by atoms with Gasteiger partial charge in [0, 0.05) is 6.54 Å². The molecule has 8 N–H and O–H groups in total. The molecule has 9 nitrogen and oxygen atoms in total. The zero-order valence-corrected chi connectivity index (χ0v) is 9.17. The van der Waals surface area contributed by atoms with Crippen LogP contribution in [0.15, 0.2) is 0 Å². The number of rotatable bonds is 5. The number of carbonyl (C=O) groups is 1. The molecule has 0 saturated carbocycles. The first-order chi connectivity index (χ1) is 7.07. The van der Waals surface area contributed by atoms with E-state index in [1.165, 1.54) is 0 Å². The van der Waals surface area contributed by atoms with Gasteiger partial charge in [0.2, 0.25) is 0 Å². The van der Waals surface area contributed by atoms with E-state index in [1.807, 2.05) is 0 Å². The first kappa shape index (κ1) is 17.6. The van der Waals surface area contributed by atoms with Crippen molar-refractivity contribution in [2.75, 3.05) is 6.54 Å². The van der Waals surface area contributed by atoms with Crippen LogP contribution in [0.4, 0.5) is 0 Å². The Morgan fingerprint density at radius 1 is 1.25 bits per heavy atom. The normalized spacial score (nSPS) is 14.6. The summed E-state index contributed by atoms with van der Waals surface area (Å²) in [4.78, 5) is 10.2. The Hall–Kier alpha value is -0.780. The van der Waals surface area contributed by atoms with Crippen molar-refractivity contribution >= 4 is 16.4 Å². The van der Waals surface area contributed by atoms with E-state index in [4.69, 9.17) is 39.2 Å². The fourth-order valence-electron chi connectivity index (χ4n) is 0.613. The molecule has 98 valence electrons. The van der Waals surface area contributed by atoms with Gasteiger partial charge in [-0.2, -0.15) is 8.42 Å². The minimum absolute atomic E-state index is 0.145. The first-order valence-corrected chi connectivity index (χ1v) is 5.54. The molecular weight excluding hydrogens is 244 g/mol. The largest absolute Gasteiger partial charge is 0.480 e. The minimum atomic E-state index is -4.67. The Morgan fingerprint density at radius 3 is 1.88 bits per heavy atom. The predicted molar refractivity (Wildman–Crippen MR) is 54.1 cm³/mol. The van der Waals surface area contributed by atoms with Crippen molar-refractivity contribution < 1.29 is 32.5 Å². The lowest BCUT2D eigenvalue weighted by Crippen LogP contribution is -2.32. The molecular formula is C6H16N2O7S. The maximum atomic E-state index is 10.2. The Balaban J connectivity index is 0. The van der Waals surface area contributed by atoms with Crippen LogP contribution in [0.1, 0.15) is 12.8 Å². The standard InChI is InChI=1S/C6H14N2O3.H2O4S/c7-3-4(9)1-2-5(8)6(10)11;1-5(2,3)4/h4-5,9H,1-3,7-8H2,(H,10,11);(H2,1,2,3,4)/t4?,5-;/m0./s1. The molecule has 0 aromatic rings. The molecule has 0 aliphatic carbocycles. The van der Waals surface area contributed by atoms with E-state index in [0.29, 0.717) is 6.42 Å². The van der Waals surface area contributed by atoms with E-state index in [-0.39, 0.29) is 13.0 Å². The third-order valence-electron chi connectivity index (χ3n) is 1.40. The van der Waals surface area contributed by atoms with Gasteiger partial charge in [-0.3, -0.25) is 13.9 Å². The molecule has 0 aliphatic rings. The van der Waals surface area contributed by atoms with Crippen molar-refractivity contribution in [2.24, 2.45) is 11.5 Å². The fourth-order valence-corrected chi connectivity index (χ4v) is 0.613. The fraction of sp³-hybridized carbons (Fsp3) is 0.833. The average Bonchev–Trinajstić information content (AvgIpc) is 2.10. The van der Waals surface area contributed by atoms with Gasteiger partial charge in [0.15, 0.2) is 0 Å². The highest BCUT2D eigenvalue weighted by molar-refractivity contribution is 7.79. The zero-order chi connectivity index (χ0) is 13.4. The smallest absolute Gasteiger partial charge is 0.394 e. The lowest BCUT2D eigenvalue weighted by molar-refractivity contribution is -0.138. The van der Waals surface area contributed by atoms with Gasteiger partial charge in [0.05, 0.1) is 6.10 Å². The lowest BCUT2D eigenvalue weighted by Gasteiger charge is -2.09. The average molecular weight is 260 g/mol. The highest BCUT2D eigenvalue weighted by atomic mass is 32.3. The van der Waals surface area contributed by atoms with E-state index in [0.717, 1.165) is 0 Å². The third kappa shape index (κ3) is 18.9. The highest BCUT2D eigenvalue weighted by Crippen LogP contribution is 1.98. The van der Waals surface area contributed by atoms with E-state index in [2.05, 4.69) is 0 Å². The van der Waals surface area contributed by atoms with Crippen LogP contribution in [-0.4, -0.2) is 52.4 Å². The molecule has 0 heterocycles. The number of hydrogen-bond acceptors (Lipinski definition) is 6. The lowest BCUT2D eigenvalue weighted by atomic mass is 10.1. The van der Waals surface area contributed by atoms with Gasteiger partial charge in [0.1, 0.15) is 6.04 Å². The SMILES string of the molecule is NCC(O)CC[C@H](N)C(=O)O.O=S(=O)(O)O. The molecule has 16 heavy (non-hydrogen) atoms. The molecule has 0 saturated heterocycles. The van der Waals surface area contributed by atoms with Gasteiger partial charge < -0.3 is 21.7 Å². The van der Waals surface area contributed by atoms with Crippen molar-refractivity contribution in [2.45, 2.75) is 25.0 Å². The molecule has 10 heteroatoms. The molecule has 0 aliphatic heterocycles. The summed E-state index contributed by atoms with van der Waals surface area (Å²) >= 11 is 0. The second-order valence-corrected chi connectivity index (χ2v) is 3.76. The predicted octanol–water partition coefficient (Wildman–Crippen LogP) is -2.15. The molecule has 0 spiro atoms. The summed E-state index contributed by atoms with van der Waals surface area (Å²) in [6, 6.07) is -0.892. The van der Waals surface area contributed by atoms with E-state index in [1.54, 1.807) is 0 Å². The summed E-state index contributed by atoms with van der Waals surface area (Å²) in [6.07, 6.45) is -0.0436. The maximum Gasteiger partial charge on any atom is 0.394 e. The second-order valence-electron chi connectivity index (χ2n) is 2.86. The van der Waals surface area contributed by atoms with Crippen LogP contribution in [0, 0.1) is 0 Å². The van der Waals surface area contributed by atoms with Gasteiger partial charge in [-0.1, -0.05) is 0 Å². The summed E-state index contributed by atoms with van der Waals surface area (Å²) in [6.45, 7) is 0.145. The Morgan fingerprint density at radius 2 is 1.62 bits per heavy atom. The monoisotopic (exact) mass is 260 g/mol. The number of aliphatic hydroxyl groups is 1. The summed E-state index contributed by atoms with van der Waals surface area (Å²) in [5, 5.41) is 17.2. The van der Waals surface area contributed by atoms with Crippen LogP contribution in [0.2, 0.25) is 0 Å². The van der Waals surface area contributed by atoms with Crippen LogP contribution in [-0.2, 0) is 15.2 Å². The van der Waals surface area contributed by atoms with Crippen molar-refractivity contribution in [1.82, 2.24) is 0 Å². The number of aliphatic carboxylic acids is 1. The third-order valence-corrected chi connectivity index (χ3v) is 1.40. The highest BCUT2D eigenvalue weighted by Gasteiger charge is 2.12. The molecule has 0 bridgehead atoms. The van der Waals surface area contributed by atoms with E-state index in [9.17, 15) is 4.79 Å². The van der Waals surface area contributed by atoms with Crippen LogP contribution in [0.5, 0.6) is 0 Å². The van der Waals surface area contributed by atoms with Crippen LogP contribution >= 0.6 is 0 Å². The number of carboxylic acid groups (broad SMARTS) is 1. The molecule has 0 radical (unpaired) electrons. The number of aliphatic hydroxyl groups excluding tert-OH is 1. The van der Waals surface area contributed by atoms with Gasteiger partial charge in [-0.05, 0) is 12.8 Å². The molecule has 0 rings (SSSR count). The number of nitrogens with two attached hydrogens (primary N) is 2. The zero-order valence-electron chi connectivity index (χ0n) is 8.35. The molecule has 0 fully saturated rings. The molecule has 0 amide bonds. The molecule has 1 unspecified atom stereocenters. The summed E-state index contributed by atoms with van der Waals surface area (Å²) < 4.78 is 31.6. The van der Waals surface area contributed by atoms with E-state index < -0.39 is 28.5 Å². The molecule has 2 atom stereocenters. The molecule has 0 aromatic carbocycles. The Kier molecular flexibility index (Phi) is 9.22. The Bertz CT molecular complexity index is 283. The van der Waals surface area contributed by atoms with Crippen molar-refractivity contribution in [1.29, 1.82) is 0 Å². The van der Waals surface area contributed by atoms with Crippen LogP contribution in [0.25, 0.3) is 0 Å². The summed E-state index contributed by atoms with van der Waals surface area (Å²) in [7, 11) is -4.67. The topological polar surface area (TPSA) is 184 Å². The van der Waals surface area contributed by atoms with Crippen molar-refractivity contribution in [3.05, 3.63) is 0 Å².